The lowest BCUT2D eigenvalue weighted by Crippen LogP contribution is -2.34. The fraction of sp³-hybridized carbons (Fsp3) is 0.300. The number of rotatable bonds is 7. The molecular formula is C20H23ClFN3O4S. The molecule has 7 nitrogen and oxygen atoms in total. The van der Waals surface area contributed by atoms with E-state index in [2.05, 4.69) is 15.4 Å². The smallest absolute Gasteiger partial charge is 0.251 e. The monoisotopic (exact) mass is 455 g/mol. The number of sulfonamides is 1. The van der Waals surface area contributed by atoms with Gasteiger partial charge in [0.1, 0.15) is 5.82 Å². The summed E-state index contributed by atoms with van der Waals surface area (Å²) in [6, 6.07) is 9.40. The number of hydrogen-bond donors (Lipinski definition) is 3. The molecule has 0 spiro atoms. The highest BCUT2D eigenvalue weighted by Crippen LogP contribution is 2.19. The maximum absolute atomic E-state index is 13.2. The van der Waals surface area contributed by atoms with Gasteiger partial charge in [0, 0.05) is 29.8 Å². The molecule has 0 aliphatic carbocycles. The highest BCUT2D eigenvalue weighted by atomic mass is 35.5. The van der Waals surface area contributed by atoms with Crippen LogP contribution in [0.1, 0.15) is 31.1 Å². The van der Waals surface area contributed by atoms with Gasteiger partial charge < -0.3 is 10.6 Å². The van der Waals surface area contributed by atoms with E-state index in [-0.39, 0.29) is 28.9 Å². The molecule has 0 heterocycles. The van der Waals surface area contributed by atoms with Gasteiger partial charge in [-0.1, -0.05) is 32.4 Å². The molecule has 10 heteroatoms. The Hall–Kier alpha value is -2.49. The predicted octanol–water partition coefficient (Wildman–Crippen LogP) is 3.17. The van der Waals surface area contributed by atoms with Gasteiger partial charge in [0.2, 0.25) is 15.9 Å². The van der Waals surface area contributed by atoms with Gasteiger partial charge in [0.25, 0.3) is 5.91 Å². The third-order valence-corrected chi connectivity index (χ3v) is 5.74. The van der Waals surface area contributed by atoms with Crippen LogP contribution in [0.4, 0.5) is 10.1 Å². The summed E-state index contributed by atoms with van der Waals surface area (Å²) < 4.78 is 39.8. The van der Waals surface area contributed by atoms with Gasteiger partial charge in [-0.05, 0) is 42.5 Å². The summed E-state index contributed by atoms with van der Waals surface area (Å²) in [7, 11) is -3.88. The lowest BCUT2D eigenvalue weighted by molar-refractivity contribution is -0.123. The van der Waals surface area contributed by atoms with Crippen LogP contribution in [0.2, 0.25) is 5.02 Å². The Kier molecular flexibility index (Phi) is 7.57. The second-order valence-corrected chi connectivity index (χ2v) is 9.69. The molecular weight excluding hydrogens is 433 g/mol. The first-order chi connectivity index (χ1) is 13.9. The average molecular weight is 456 g/mol. The van der Waals surface area contributed by atoms with Crippen molar-refractivity contribution < 1.29 is 22.4 Å². The summed E-state index contributed by atoms with van der Waals surface area (Å²) in [4.78, 5) is 24.0. The number of carbonyl (C=O) groups excluding carboxylic acids is 2. The molecule has 0 atom stereocenters. The average Bonchev–Trinajstić information content (AvgIpc) is 2.67. The summed E-state index contributed by atoms with van der Waals surface area (Å²) >= 11 is 5.60. The Morgan fingerprint density at radius 2 is 1.67 bits per heavy atom. The lowest BCUT2D eigenvalue weighted by atomic mass is 9.95. The second-order valence-electron chi connectivity index (χ2n) is 7.51. The van der Waals surface area contributed by atoms with Crippen LogP contribution >= 0.6 is 11.6 Å². The number of carbonyl (C=O) groups is 2. The van der Waals surface area contributed by atoms with Gasteiger partial charge in [0.15, 0.2) is 0 Å². The maximum Gasteiger partial charge on any atom is 0.251 e. The van der Waals surface area contributed by atoms with E-state index in [0.717, 1.165) is 18.2 Å². The van der Waals surface area contributed by atoms with Crippen LogP contribution in [-0.2, 0) is 14.8 Å². The third kappa shape index (κ3) is 6.51. The standard InChI is InChI=1S/C20H23ClFN3O4S/c1-20(2,3)19(27)25-14-6-4-13(5-7-14)18(26)23-10-11-24-30(28,29)15-8-9-17(22)16(21)12-15/h4-9,12,24H,10-11H2,1-3H3,(H,23,26)(H,25,27). The second kappa shape index (κ2) is 9.55. The Morgan fingerprint density at radius 1 is 1.03 bits per heavy atom. The maximum atomic E-state index is 13.2. The van der Waals surface area contributed by atoms with E-state index < -0.39 is 27.2 Å². The Balaban J connectivity index is 1.85. The first-order valence-corrected chi connectivity index (χ1v) is 10.9. The van der Waals surface area contributed by atoms with Crippen LogP contribution in [0, 0.1) is 11.2 Å². The van der Waals surface area contributed by atoms with Gasteiger partial charge in [0.05, 0.1) is 9.92 Å². The van der Waals surface area contributed by atoms with Crippen molar-refractivity contribution in [1.82, 2.24) is 10.0 Å². The largest absolute Gasteiger partial charge is 0.351 e. The van der Waals surface area contributed by atoms with Crippen molar-refractivity contribution in [3.8, 4) is 0 Å². The van der Waals surface area contributed by atoms with Gasteiger partial charge in [-0.25, -0.2) is 17.5 Å². The number of halogens is 2. The summed E-state index contributed by atoms with van der Waals surface area (Å²) in [5.41, 5.74) is 0.386. The fourth-order valence-electron chi connectivity index (χ4n) is 2.21. The van der Waals surface area contributed by atoms with E-state index in [4.69, 9.17) is 11.6 Å². The molecule has 30 heavy (non-hydrogen) atoms. The Bertz CT molecular complexity index is 1040. The normalized spacial score (nSPS) is 11.8. The van der Waals surface area contributed by atoms with Crippen LogP contribution < -0.4 is 15.4 Å². The van der Waals surface area contributed by atoms with E-state index in [9.17, 15) is 22.4 Å². The molecule has 3 N–H and O–H groups in total. The minimum atomic E-state index is -3.88. The summed E-state index contributed by atoms with van der Waals surface area (Å²) in [6.45, 7) is 5.35. The summed E-state index contributed by atoms with van der Waals surface area (Å²) in [5.74, 6) is -1.26. The van der Waals surface area contributed by atoms with Crippen molar-refractivity contribution in [2.45, 2.75) is 25.7 Å². The molecule has 0 fully saturated rings. The van der Waals surface area contributed by atoms with Crippen molar-refractivity contribution in [2.75, 3.05) is 18.4 Å². The van der Waals surface area contributed by atoms with Crippen LogP contribution in [0.25, 0.3) is 0 Å². The summed E-state index contributed by atoms with van der Waals surface area (Å²) in [5, 5.41) is 5.05. The first-order valence-electron chi connectivity index (χ1n) is 9.04. The molecule has 2 aromatic carbocycles. The predicted molar refractivity (Wildman–Crippen MR) is 113 cm³/mol. The highest BCUT2D eigenvalue weighted by molar-refractivity contribution is 7.89. The van der Waals surface area contributed by atoms with Gasteiger partial charge >= 0.3 is 0 Å². The third-order valence-electron chi connectivity index (χ3n) is 3.99. The van der Waals surface area contributed by atoms with E-state index in [1.54, 1.807) is 45.0 Å². The number of amides is 2. The molecule has 0 aromatic heterocycles. The molecule has 2 aromatic rings. The van der Waals surface area contributed by atoms with Crippen molar-refractivity contribution in [1.29, 1.82) is 0 Å². The molecule has 0 saturated carbocycles. The number of benzene rings is 2. The number of hydrogen-bond acceptors (Lipinski definition) is 4. The Morgan fingerprint density at radius 3 is 2.23 bits per heavy atom. The zero-order valence-corrected chi connectivity index (χ0v) is 18.3. The molecule has 162 valence electrons. The molecule has 2 rings (SSSR count). The molecule has 0 aliphatic heterocycles. The van der Waals surface area contributed by atoms with Crippen LogP contribution in [0.3, 0.4) is 0 Å². The molecule has 2 amide bonds. The number of anilines is 1. The van der Waals surface area contributed by atoms with Crippen LogP contribution in [-0.4, -0.2) is 33.3 Å². The van der Waals surface area contributed by atoms with E-state index >= 15 is 0 Å². The minimum Gasteiger partial charge on any atom is -0.351 e. The first kappa shape index (κ1) is 23.8. The number of nitrogens with one attached hydrogen (secondary N) is 3. The zero-order chi connectivity index (χ0) is 22.5. The fourth-order valence-corrected chi connectivity index (χ4v) is 3.52. The molecule has 0 unspecified atom stereocenters. The quantitative estimate of drug-likeness (QED) is 0.558. The van der Waals surface area contributed by atoms with Crippen LogP contribution in [0.5, 0.6) is 0 Å². The van der Waals surface area contributed by atoms with Gasteiger partial charge in [-0.3, -0.25) is 9.59 Å². The highest BCUT2D eigenvalue weighted by Gasteiger charge is 2.21. The van der Waals surface area contributed by atoms with Crippen molar-refractivity contribution in [3.05, 3.63) is 58.9 Å². The van der Waals surface area contributed by atoms with E-state index in [0.29, 0.717) is 11.3 Å². The van der Waals surface area contributed by atoms with E-state index in [1.807, 2.05) is 0 Å². The van der Waals surface area contributed by atoms with Gasteiger partial charge in [-0.15, -0.1) is 0 Å². The molecule has 0 bridgehead atoms. The Labute approximate surface area is 180 Å². The van der Waals surface area contributed by atoms with Gasteiger partial charge in [-0.2, -0.15) is 0 Å². The molecule has 0 saturated heterocycles. The molecule has 0 aliphatic rings. The SMILES string of the molecule is CC(C)(C)C(=O)Nc1ccc(C(=O)NCCNS(=O)(=O)c2ccc(F)c(Cl)c2)cc1. The van der Waals surface area contributed by atoms with Crippen LogP contribution in [0.15, 0.2) is 47.4 Å². The van der Waals surface area contributed by atoms with Crippen molar-refractivity contribution in [3.63, 3.8) is 0 Å². The topological polar surface area (TPSA) is 104 Å². The van der Waals surface area contributed by atoms with Crippen molar-refractivity contribution in [2.24, 2.45) is 5.41 Å². The zero-order valence-electron chi connectivity index (χ0n) is 16.8. The lowest BCUT2D eigenvalue weighted by Gasteiger charge is -2.17. The molecule has 0 radical (unpaired) electrons. The van der Waals surface area contributed by atoms with E-state index in [1.165, 1.54) is 0 Å². The summed E-state index contributed by atoms with van der Waals surface area (Å²) in [6.07, 6.45) is 0. The van der Waals surface area contributed by atoms with Crippen molar-refractivity contribution >= 4 is 39.1 Å². The minimum absolute atomic E-state index is 0.0372.